The van der Waals surface area contributed by atoms with Gasteiger partial charge in [0.15, 0.2) is 17.7 Å². The first kappa shape index (κ1) is 28.6. The van der Waals surface area contributed by atoms with E-state index in [0.29, 0.717) is 12.4 Å². The van der Waals surface area contributed by atoms with Crippen molar-refractivity contribution < 1.29 is 27.4 Å². The molecule has 0 fully saturated rings. The fourth-order valence-electron chi connectivity index (χ4n) is 3.39. The highest BCUT2D eigenvalue weighted by Crippen LogP contribution is 2.29. The summed E-state index contributed by atoms with van der Waals surface area (Å²) in [7, 11) is 3.26. The zero-order chi connectivity index (χ0) is 28.0. The molecule has 0 radical (unpaired) electrons. The van der Waals surface area contributed by atoms with Gasteiger partial charge in [0.1, 0.15) is 12.2 Å². The van der Waals surface area contributed by atoms with E-state index in [-0.39, 0.29) is 30.1 Å². The molecule has 0 aliphatic rings. The third-order valence-electron chi connectivity index (χ3n) is 5.35. The van der Waals surface area contributed by atoms with Crippen molar-refractivity contribution in [3.63, 3.8) is 0 Å². The molecule has 10 nitrogen and oxygen atoms in total. The van der Waals surface area contributed by atoms with Gasteiger partial charge in [-0.1, -0.05) is 30.3 Å². The highest BCUT2D eigenvalue weighted by molar-refractivity contribution is 6.01. The molecule has 2 aromatic heterocycles. The number of hydrogen-bond acceptors (Lipinski definition) is 6. The molecular weight excluding hydrogens is 505 g/mol. The second-order valence-corrected chi connectivity index (χ2v) is 8.63. The number of pyridine rings is 1. The number of nitrogens with zero attached hydrogens (tertiary/aromatic N) is 6. The van der Waals surface area contributed by atoms with Crippen LogP contribution in [0.1, 0.15) is 41.2 Å². The first-order valence-electron chi connectivity index (χ1n) is 11.7. The lowest BCUT2D eigenvalue weighted by molar-refractivity contribution is -0.190. The topological polar surface area (TPSA) is 104 Å². The molecule has 0 aliphatic heterocycles. The summed E-state index contributed by atoms with van der Waals surface area (Å²) < 4.78 is 53.0. The number of halogens is 3. The fraction of sp³-hybridized carbons (Fsp3) is 0.400. The van der Waals surface area contributed by atoms with E-state index in [9.17, 15) is 22.8 Å². The largest absolute Gasteiger partial charge is 0.464 e. The first-order chi connectivity index (χ1) is 17.9. The van der Waals surface area contributed by atoms with Crippen LogP contribution >= 0.6 is 0 Å². The van der Waals surface area contributed by atoms with Gasteiger partial charge in [-0.2, -0.15) is 27.8 Å². The lowest BCUT2D eigenvalue weighted by atomic mass is 10.1. The Morgan fingerprint density at radius 1 is 1.21 bits per heavy atom. The van der Waals surface area contributed by atoms with Crippen molar-refractivity contribution in [2.45, 2.75) is 52.8 Å². The maximum absolute atomic E-state index is 13.3. The average molecular weight is 535 g/mol. The molecule has 2 heterocycles. The molecule has 3 aromatic rings. The van der Waals surface area contributed by atoms with Gasteiger partial charge in [-0.25, -0.2) is 4.79 Å². The molecule has 38 heavy (non-hydrogen) atoms. The van der Waals surface area contributed by atoms with Crippen molar-refractivity contribution in [2.24, 2.45) is 4.99 Å². The van der Waals surface area contributed by atoms with Gasteiger partial charge in [-0.05, 0) is 38.0 Å². The van der Waals surface area contributed by atoms with Crippen molar-refractivity contribution in [3.8, 4) is 11.7 Å². The lowest BCUT2D eigenvalue weighted by Crippen LogP contribution is -2.32. The number of alkyl halides is 3. The lowest BCUT2D eigenvalue weighted by Gasteiger charge is -2.19. The minimum atomic E-state index is -4.72. The Labute approximate surface area is 217 Å². The van der Waals surface area contributed by atoms with Crippen LogP contribution in [0.25, 0.3) is 5.82 Å². The molecule has 0 N–H and O–H groups in total. The van der Waals surface area contributed by atoms with E-state index in [1.165, 1.54) is 28.8 Å². The maximum atomic E-state index is 13.3. The second-order valence-electron chi connectivity index (χ2n) is 8.63. The van der Waals surface area contributed by atoms with E-state index in [0.717, 1.165) is 17.2 Å². The number of amides is 1. The van der Waals surface area contributed by atoms with Gasteiger partial charge in [0.25, 0.3) is 5.91 Å². The van der Waals surface area contributed by atoms with Crippen molar-refractivity contribution in [1.29, 1.82) is 0 Å². The summed E-state index contributed by atoms with van der Waals surface area (Å²) in [4.78, 5) is 35.2. The van der Waals surface area contributed by atoms with Gasteiger partial charge in [0.2, 0.25) is 5.88 Å². The Kier molecular flexibility index (Phi) is 9.04. The second kappa shape index (κ2) is 12.0. The van der Waals surface area contributed by atoms with Gasteiger partial charge in [0, 0.05) is 20.6 Å². The first-order valence-corrected chi connectivity index (χ1v) is 11.7. The molecule has 3 rings (SSSR count). The number of aliphatic imine (C=N–C) groups is 1. The van der Waals surface area contributed by atoms with Crippen molar-refractivity contribution >= 4 is 12.2 Å². The molecule has 1 amide bonds. The van der Waals surface area contributed by atoms with E-state index >= 15 is 0 Å². The highest BCUT2D eigenvalue weighted by atomic mass is 19.4. The zero-order valence-corrected chi connectivity index (χ0v) is 21.7. The molecule has 0 aliphatic carbocycles. The number of rotatable bonds is 10. The van der Waals surface area contributed by atoms with Crippen molar-refractivity contribution in [2.75, 3.05) is 14.1 Å². The smallest absolute Gasteiger partial charge is 0.425 e. The minimum absolute atomic E-state index is 0.00818. The molecule has 1 aromatic carbocycles. The van der Waals surface area contributed by atoms with E-state index in [4.69, 9.17) is 9.47 Å². The van der Waals surface area contributed by atoms with Crippen LogP contribution in [0, 0.1) is 6.92 Å². The molecule has 204 valence electrons. The van der Waals surface area contributed by atoms with Crippen LogP contribution in [0.4, 0.5) is 13.2 Å². The van der Waals surface area contributed by atoms with Crippen LogP contribution in [0.2, 0.25) is 0 Å². The van der Waals surface area contributed by atoms with Gasteiger partial charge >= 0.3 is 11.9 Å². The van der Waals surface area contributed by atoms with Gasteiger partial charge in [-0.3, -0.25) is 9.36 Å². The number of aryl methyl sites for hydroxylation is 1. The predicted octanol–water partition coefficient (Wildman–Crippen LogP) is 3.53. The normalized spacial score (nSPS) is 12.6. The Morgan fingerprint density at radius 3 is 2.50 bits per heavy atom. The Balaban J connectivity index is 2.01. The standard InChI is InChI=1S/C25H29F3N6O4/c1-6-33-20(14-37-13-18-10-8-7-9-11-18)31-34(24(33)36)19-12-16(2)21(22(35)29-15-32(4)5)23(30-19)38-17(3)25(26,27)28/h7-12,15,17H,6,13-14H2,1-5H3/b29-15-. The van der Waals surface area contributed by atoms with Crippen molar-refractivity contribution in [1.82, 2.24) is 24.2 Å². The van der Waals surface area contributed by atoms with Crippen LogP contribution in [-0.2, 0) is 24.5 Å². The summed E-state index contributed by atoms with van der Waals surface area (Å²) in [5.41, 5.74) is 0.321. The molecule has 1 unspecified atom stereocenters. The zero-order valence-electron chi connectivity index (χ0n) is 21.7. The Bertz CT molecular complexity index is 1350. The summed E-state index contributed by atoms with van der Waals surface area (Å²) >= 11 is 0. The molecule has 13 heteroatoms. The van der Waals surface area contributed by atoms with Crippen LogP contribution in [0.5, 0.6) is 5.88 Å². The molecule has 0 spiro atoms. The minimum Gasteiger partial charge on any atom is -0.464 e. The van der Waals surface area contributed by atoms with Crippen molar-refractivity contribution in [3.05, 3.63) is 69.4 Å². The van der Waals surface area contributed by atoms with E-state index in [2.05, 4.69) is 15.1 Å². The quantitative estimate of drug-likeness (QED) is 0.290. The van der Waals surface area contributed by atoms with Crippen LogP contribution < -0.4 is 10.4 Å². The Morgan fingerprint density at radius 2 is 1.89 bits per heavy atom. The SMILES string of the molecule is CCn1c(COCc2ccccc2)nn(-c2cc(C)c(C(=O)/N=C\N(C)C)c(OC(C)C(F)(F)F)n2)c1=O. The molecule has 1 atom stereocenters. The number of carbonyl (C=O) groups is 1. The summed E-state index contributed by atoms with van der Waals surface area (Å²) in [6, 6.07) is 10.8. The highest BCUT2D eigenvalue weighted by Gasteiger charge is 2.39. The predicted molar refractivity (Wildman–Crippen MR) is 134 cm³/mol. The van der Waals surface area contributed by atoms with Gasteiger partial charge < -0.3 is 14.4 Å². The Hall–Kier alpha value is -4.00. The average Bonchev–Trinajstić information content (AvgIpc) is 3.17. The molecule has 0 saturated carbocycles. The molecule has 0 bridgehead atoms. The number of carbonyl (C=O) groups excluding carboxylic acids is 1. The van der Waals surface area contributed by atoms with E-state index in [1.807, 2.05) is 30.3 Å². The third kappa shape index (κ3) is 6.85. The van der Waals surface area contributed by atoms with Crippen LogP contribution in [0.15, 0.2) is 46.2 Å². The summed E-state index contributed by atoms with van der Waals surface area (Å²) in [6.07, 6.45) is -5.79. The third-order valence-corrected chi connectivity index (χ3v) is 5.35. The monoisotopic (exact) mass is 534 g/mol. The van der Waals surface area contributed by atoms with Gasteiger partial charge in [0.05, 0.1) is 12.9 Å². The number of aromatic nitrogens is 4. The fourth-order valence-corrected chi connectivity index (χ4v) is 3.39. The summed E-state index contributed by atoms with van der Waals surface area (Å²) in [6.45, 7) is 4.60. The molecule has 0 saturated heterocycles. The molecular formula is C25H29F3N6O4. The number of ether oxygens (including phenoxy) is 2. The van der Waals surface area contributed by atoms with E-state index in [1.54, 1.807) is 21.0 Å². The van der Waals surface area contributed by atoms with Crippen LogP contribution in [-0.4, -0.2) is 62.9 Å². The number of benzene rings is 1. The van der Waals surface area contributed by atoms with Crippen LogP contribution in [0.3, 0.4) is 0 Å². The summed E-state index contributed by atoms with van der Waals surface area (Å²) in [5.74, 6) is -1.26. The van der Waals surface area contributed by atoms with E-state index < -0.39 is 29.8 Å². The van der Waals surface area contributed by atoms with Gasteiger partial charge in [-0.15, -0.1) is 5.10 Å². The summed E-state index contributed by atoms with van der Waals surface area (Å²) in [5, 5.41) is 4.31. The maximum Gasteiger partial charge on any atom is 0.425 e. The number of hydrogen-bond donors (Lipinski definition) is 0.